The average molecular weight is 167 g/mol. The lowest BCUT2D eigenvalue weighted by Crippen LogP contribution is -1.85. The second-order valence-electron chi connectivity index (χ2n) is 1.77. The van der Waals surface area contributed by atoms with E-state index in [0.29, 0.717) is 5.56 Å². The molecule has 0 radical (unpaired) electrons. The molecule has 56 valence electrons. The Morgan fingerprint density at radius 1 is 1.73 bits per heavy atom. The van der Waals surface area contributed by atoms with Crippen molar-refractivity contribution in [3.63, 3.8) is 0 Å². The molecule has 0 spiro atoms. The second kappa shape index (κ2) is 3.17. The van der Waals surface area contributed by atoms with Crippen LogP contribution in [0.15, 0.2) is 11.4 Å². The Balaban J connectivity index is 3.12. The van der Waals surface area contributed by atoms with Gasteiger partial charge < -0.3 is 0 Å². The number of rotatable bonds is 1. The van der Waals surface area contributed by atoms with Crippen molar-refractivity contribution < 1.29 is 4.92 Å². The van der Waals surface area contributed by atoms with Crippen molar-refractivity contribution in [3.8, 4) is 11.8 Å². The topological polar surface area (TPSA) is 43.1 Å². The van der Waals surface area contributed by atoms with Gasteiger partial charge in [0.2, 0.25) is 0 Å². The van der Waals surface area contributed by atoms with Gasteiger partial charge in [-0.1, -0.05) is 17.3 Å². The van der Waals surface area contributed by atoms with Crippen molar-refractivity contribution in [3.05, 3.63) is 27.1 Å². The fourth-order valence-electron chi connectivity index (χ4n) is 0.672. The van der Waals surface area contributed by atoms with Crippen LogP contribution in [0.5, 0.6) is 0 Å². The monoisotopic (exact) mass is 167 g/mol. The summed E-state index contributed by atoms with van der Waals surface area (Å²) in [4.78, 5) is 9.89. The van der Waals surface area contributed by atoms with Gasteiger partial charge in [0.1, 0.15) is 5.56 Å². The molecular weight excluding hydrogens is 162 g/mol. The van der Waals surface area contributed by atoms with Crippen LogP contribution in [-0.4, -0.2) is 4.92 Å². The molecule has 0 aliphatic heterocycles. The van der Waals surface area contributed by atoms with Gasteiger partial charge in [0.05, 0.1) is 4.92 Å². The van der Waals surface area contributed by atoms with Crippen LogP contribution in [0.25, 0.3) is 0 Å². The first-order valence-corrected chi connectivity index (χ1v) is 3.78. The molecule has 0 atom stereocenters. The summed E-state index contributed by atoms with van der Waals surface area (Å²) >= 11 is 1.10. The molecule has 0 aliphatic carbocycles. The van der Waals surface area contributed by atoms with E-state index < -0.39 is 4.92 Å². The van der Waals surface area contributed by atoms with Crippen molar-refractivity contribution in [1.29, 1.82) is 0 Å². The van der Waals surface area contributed by atoms with Crippen molar-refractivity contribution in [2.75, 3.05) is 0 Å². The van der Waals surface area contributed by atoms with E-state index in [1.807, 2.05) is 0 Å². The largest absolute Gasteiger partial charge is 0.339 e. The van der Waals surface area contributed by atoms with Gasteiger partial charge in [0, 0.05) is 0 Å². The maximum Gasteiger partial charge on any atom is 0.339 e. The van der Waals surface area contributed by atoms with Crippen LogP contribution in [0.1, 0.15) is 12.5 Å². The smallest absolute Gasteiger partial charge is 0.258 e. The molecule has 1 aromatic heterocycles. The Hall–Kier alpha value is -1.34. The Morgan fingerprint density at radius 3 is 3.00 bits per heavy atom. The Labute approximate surface area is 67.8 Å². The Kier molecular flexibility index (Phi) is 2.24. The second-order valence-corrected chi connectivity index (χ2v) is 2.67. The first kappa shape index (κ1) is 7.76. The molecule has 0 fully saturated rings. The molecule has 0 amide bonds. The summed E-state index contributed by atoms with van der Waals surface area (Å²) in [6.45, 7) is 1.65. The van der Waals surface area contributed by atoms with E-state index >= 15 is 0 Å². The highest BCUT2D eigenvalue weighted by molar-refractivity contribution is 7.13. The van der Waals surface area contributed by atoms with E-state index in [0.717, 1.165) is 11.3 Å². The molecule has 1 aromatic rings. The molecule has 0 unspecified atom stereocenters. The molecule has 11 heavy (non-hydrogen) atoms. The van der Waals surface area contributed by atoms with E-state index in [-0.39, 0.29) is 5.00 Å². The van der Waals surface area contributed by atoms with Crippen LogP contribution in [0.3, 0.4) is 0 Å². The van der Waals surface area contributed by atoms with Gasteiger partial charge in [-0.25, -0.2) is 0 Å². The minimum absolute atomic E-state index is 0.124. The maximum atomic E-state index is 10.3. The zero-order valence-corrected chi connectivity index (χ0v) is 6.64. The number of thiophene rings is 1. The summed E-state index contributed by atoms with van der Waals surface area (Å²) < 4.78 is 0. The fourth-order valence-corrected chi connectivity index (χ4v) is 1.34. The first-order valence-electron chi connectivity index (χ1n) is 2.90. The fraction of sp³-hybridized carbons (Fsp3) is 0.143. The molecule has 1 heterocycles. The van der Waals surface area contributed by atoms with E-state index in [9.17, 15) is 10.1 Å². The summed E-state index contributed by atoms with van der Waals surface area (Å²) in [5.41, 5.74) is 0.502. The zero-order chi connectivity index (χ0) is 8.27. The lowest BCUT2D eigenvalue weighted by molar-refractivity contribution is -0.380. The van der Waals surface area contributed by atoms with Gasteiger partial charge in [-0.05, 0) is 18.4 Å². The minimum Gasteiger partial charge on any atom is -0.258 e. The first-order chi connectivity index (χ1) is 5.25. The molecule has 0 bridgehead atoms. The van der Waals surface area contributed by atoms with Gasteiger partial charge in [-0.3, -0.25) is 10.1 Å². The SMILES string of the molecule is CC#Cc1ccsc1[N+](=O)[O-]. The van der Waals surface area contributed by atoms with Gasteiger partial charge in [0.25, 0.3) is 0 Å². The van der Waals surface area contributed by atoms with Gasteiger partial charge >= 0.3 is 5.00 Å². The average Bonchev–Trinajstić information content (AvgIpc) is 2.36. The molecule has 0 aliphatic rings. The molecular formula is C7H5NO2S. The zero-order valence-electron chi connectivity index (χ0n) is 5.83. The van der Waals surface area contributed by atoms with E-state index in [2.05, 4.69) is 11.8 Å². The highest BCUT2D eigenvalue weighted by Crippen LogP contribution is 2.24. The highest BCUT2D eigenvalue weighted by Gasteiger charge is 2.12. The van der Waals surface area contributed by atoms with E-state index in [4.69, 9.17) is 0 Å². The van der Waals surface area contributed by atoms with Crippen LogP contribution < -0.4 is 0 Å². The van der Waals surface area contributed by atoms with Gasteiger partial charge in [-0.15, -0.1) is 5.92 Å². The minimum atomic E-state index is -0.412. The predicted octanol–water partition coefficient (Wildman–Crippen LogP) is 2.03. The van der Waals surface area contributed by atoms with Crippen molar-refractivity contribution in [1.82, 2.24) is 0 Å². The molecule has 1 rings (SSSR count). The third kappa shape index (κ3) is 1.57. The van der Waals surface area contributed by atoms with E-state index in [1.165, 1.54) is 0 Å². The molecule has 0 N–H and O–H groups in total. The van der Waals surface area contributed by atoms with Crippen molar-refractivity contribution in [2.24, 2.45) is 0 Å². The number of hydrogen-bond acceptors (Lipinski definition) is 3. The van der Waals surface area contributed by atoms with Crippen LogP contribution in [0.2, 0.25) is 0 Å². The Bertz CT molecular complexity index is 332. The van der Waals surface area contributed by atoms with Gasteiger partial charge in [0.15, 0.2) is 0 Å². The van der Waals surface area contributed by atoms with Crippen LogP contribution in [-0.2, 0) is 0 Å². The number of nitro groups is 1. The lowest BCUT2D eigenvalue weighted by atomic mass is 10.3. The molecule has 0 aromatic carbocycles. The van der Waals surface area contributed by atoms with Crippen LogP contribution >= 0.6 is 11.3 Å². The van der Waals surface area contributed by atoms with Crippen LogP contribution in [0, 0.1) is 22.0 Å². The third-order valence-corrected chi connectivity index (χ3v) is 1.93. The standard InChI is InChI=1S/C7H5NO2S/c1-2-3-6-4-5-11-7(6)8(9)10/h4-5H,1H3. The maximum absolute atomic E-state index is 10.3. The normalized spacial score (nSPS) is 8.45. The van der Waals surface area contributed by atoms with Crippen molar-refractivity contribution >= 4 is 16.3 Å². The van der Waals surface area contributed by atoms with Gasteiger partial charge in [-0.2, -0.15) is 0 Å². The summed E-state index contributed by atoms with van der Waals surface area (Å²) in [7, 11) is 0. The Morgan fingerprint density at radius 2 is 2.45 bits per heavy atom. The lowest BCUT2D eigenvalue weighted by Gasteiger charge is -1.83. The predicted molar refractivity (Wildman–Crippen MR) is 43.5 cm³/mol. The number of nitrogens with zero attached hydrogens (tertiary/aromatic N) is 1. The third-order valence-electron chi connectivity index (χ3n) is 1.07. The van der Waals surface area contributed by atoms with Crippen molar-refractivity contribution in [2.45, 2.75) is 6.92 Å². The summed E-state index contributed by atoms with van der Waals surface area (Å²) in [6, 6.07) is 1.65. The summed E-state index contributed by atoms with van der Waals surface area (Å²) in [6.07, 6.45) is 0. The molecule has 0 saturated carbocycles. The highest BCUT2D eigenvalue weighted by atomic mass is 32.1. The van der Waals surface area contributed by atoms with E-state index in [1.54, 1.807) is 18.4 Å². The summed E-state index contributed by atoms with van der Waals surface area (Å²) in [5, 5.41) is 12.1. The summed E-state index contributed by atoms with van der Waals surface area (Å²) in [5.74, 6) is 5.27. The molecule has 0 saturated heterocycles. The molecule has 4 heteroatoms. The number of hydrogen-bond donors (Lipinski definition) is 0. The van der Waals surface area contributed by atoms with Crippen LogP contribution in [0.4, 0.5) is 5.00 Å². The quantitative estimate of drug-likeness (QED) is 0.365. The molecule has 3 nitrogen and oxygen atoms in total.